The zero-order valence-corrected chi connectivity index (χ0v) is 11.8. The minimum Gasteiger partial charge on any atom is -0.479 e. The minimum absolute atomic E-state index is 0.144. The molecular weight excluding hydrogens is 266 g/mol. The van der Waals surface area contributed by atoms with Crippen LogP contribution in [0.4, 0.5) is 0 Å². The van der Waals surface area contributed by atoms with Gasteiger partial charge >= 0.3 is 5.97 Å². The van der Waals surface area contributed by atoms with Gasteiger partial charge in [0.1, 0.15) is 6.10 Å². The zero-order chi connectivity index (χ0) is 14.0. The molecule has 0 saturated carbocycles. The van der Waals surface area contributed by atoms with Crippen molar-refractivity contribution in [3.05, 3.63) is 21.9 Å². The van der Waals surface area contributed by atoms with E-state index in [1.54, 1.807) is 23.3 Å². The number of thiophene rings is 1. The van der Waals surface area contributed by atoms with Crippen LogP contribution < -0.4 is 0 Å². The van der Waals surface area contributed by atoms with Crippen LogP contribution in [0.25, 0.3) is 0 Å². The lowest BCUT2D eigenvalue weighted by Gasteiger charge is -2.20. The Hall–Kier alpha value is -1.40. The van der Waals surface area contributed by atoms with Crippen molar-refractivity contribution >= 4 is 23.2 Å². The number of likely N-dealkylation sites (N-methyl/N-ethyl adjacent to an activating group) is 1. The normalized spacial score (nSPS) is 22.4. The van der Waals surface area contributed by atoms with Gasteiger partial charge in [0.15, 0.2) is 6.10 Å². The van der Waals surface area contributed by atoms with Gasteiger partial charge in [-0.15, -0.1) is 11.3 Å². The number of nitrogens with zero attached hydrogens (tertiary/aromatic N) is 1. The van der Waals surface area contributed by atoms with Gasteiger partial charge in [0.2, 0.25) is 0 Å². The van der Waals surface area contributed by atoms with Crippen LogP contribution in [0.2, 0.25) is 0 Å². The third-order valence-electron chi connectivity index (χ3n) is 3.14. The highest BCUT2D eigenvalue weighted by molar-refractivity contribution is 7.11. The van der Waals surface area contributed by atoms with E-state index in [1.807, 2.05) is 19.1 Å². The molecule has 1 fully saturated rings. The number of rotatable bonds is 4. The molecule has 1 amide bonds. The van der Waals surface area contributed by atoms with Crippen LogP contribution in [0.3, 0.4) is 0 Å². The Balaban J connectivity index is 1.91. The van der Waals surface area contributed by atoms with Gasteiger partial charge in [-0.05, 0) is 31.9 Å². The highest BCUT2D eigenvalue weighted by Gasteiger charge is 2.36. The number of carboxylic acids is 1. The first kappa shape index (κ1) is 14.0. The molecule has 0 spiro atoms. The van der Waals surface area contributed by atoms with E-state index in [-0.39, 0.29) is 5.91 Å². The van der Waals surface area contributed by atoms with E-state index < -0.39 is 18.2 Å². The number of amides is 1. The third kappa shape index (κ3) is 3.33. The maximum absolute atomic E-state index is 12.1. The molecule has 0 aromatic carbocycles. The Kier molecular flexibility index (Phi) is 4.21. The van der Waals surface area contributed by atoms with E-state index in [4.69, 9.17) is 9.84 Å². The van der Waals surface area contributed by atoms with Crippen LogP contribution in [0, 0.1) is 6.92 Å². The van der Waals surface area contributed by atoms with Crippen LogP contribution >= 0.6 is 11.3 Å². The molecule has 2 rings (SSSR count). The maximum Gasteiger partial charge on any atom is 0.332 e. The molecule has 2 atom stereocenters. The first-order valence-electron chi connectivity index (χ1n) is 6.16. The van der Waals surface area contributed by atoms with Crippen molar-refractivity contribution in [1.82, 2.24) is 4.90 Å². The summed E-state index contributed by atoms with van der Waals surface area (Å²) in [5, 5.41) is 8.84. The maximum atomic E-state index is 12.1. The molecule has 0 aliphatic carbocycles. The van der Waals surface area contributed by atoms with Gasteiger partial charge in [-0.3, -0.25) is 4.79 Å². The standard InChI is InChI=1S/C13H17NO4S/c1-8-3-4-9(19-8)7-14(2)12(15)10-5-6-11(18-10)13(16)17/h3-4,10-11H,5-7H2,1-2H3,(H,16,17)/t10-,11+/m0/s1. The Labute approximate surface area is 115 Å². The number of ether oxygens (including phenoxy) is 1. The zero-order valence-electron chi connectivity index (χ0n) is 11.0. The van der Waals surface area contributed by atoms with Crippen LogP contribution in [0.15, 0.2) is 12.1 Å². The van der Waals surface area contributed by atoms with Gasteiger partial charge in [0, 0.05) is 16.8 Å². The molecule has 0 bridgehead atoms. The van der Waals surface area contributed by atoms with Crippen LogP contribution in [0.5, 0.6) is 0 Å². The number of carbonyl (C=O) groups is 2. The van der Waals surface area contributed by atoms with Gasteiger partial charge in [0.25, 0.3) is 5.91 Å². The lowest BCUT2D eigenvalue weighted by atomic mass is 10.2. The second-order valence-electron chi connectivity index (χ2n) is 4.74. The molecule has 1 aromatic rings. The summed E-state index contributed by atoms with van der Waals surface area (Å²) in [7, 11) is 1.72. The second-order valence-corrected chi connectivity index (χ2v) is 6.11. The van der Waals surface area contributed by atoms with Crippen molar-refractivity contribution in [2.75, 3.05) is 7.05 Å². The summed E-state index contributed by atoms with van der Waals surface area (Å²) in [6.07, 6.45) is -0.583. The smallest absolute Gasteiger partial charge is 0.332 e. The van der Waals surface area contributed by atoms with E-state index in [9.17, 15) is 9.59 Å². The van der Waals surface area contributed by atoms with Gasteiger partial charge in [0.05, 0.1) is 6.54 Å². The van der Waals surface area contributed by atoms with Crippen molar-refractivity contribution < 1.29 is 19.4 Å². The lowest BCUT2D eigenvalue weighted by Crippen LogP contribution is -2.36. The quantitative estimate of drug-likeness (QED) is 0.912. The molecule has 19 heavy (non-hydrogen) atoms. The average Bonchev–Trinajstić information content (AvgIpc) is 2.97. The predicted molar refractivity (Wildman–Crippen MR) is 71.1 cm³/mol. The molecule has 1 aliphatic rings. The number of hydrogen-bond acceptors (Lipinski definition) is 4. The highest BCUT2D eigenvalue weighted by Crippen LogP contribution is 2.23. The monoisotopic (exact) mass is 283 g/mol. The van der Waals surface area contributed by atoms with Gasteiger partial charge in [-0.1, -0.05) is 0 Å². The van der Waals surface area contributed by atoms with Crippen LogP contribution in [0.1, 0.15) is 22.6 Å². The largest absolute Gasteiger partial charge is 0.479 e. The van der Waals surface area contributed by atoms with Crippen molar-refractivity contribution in [2.45, 2.75) is 38.5 Å². The molecule has 5 nitrogen and oxygen atoms in total. The summed E-state index contributed by atoms with van der Waals surface area (Å²) in [6.45, 7) is 2.56. The molecule has 1 aliphatic heterocycles. The van der Waals surface area contributed by atoms with Gasteiger partial charge in [-0.2, -0.15) is 0 Å². The molecule has 0 unspecified atom stereocenters. The lowest BCUT2D eigenvalue weighted by molar-refractivity contribution is -0.154. The minimum atomic E-state index is -0.994. The Bertz CT molecular complexity index is 485. The SMILES string of the molecule is Cc1ccc(CN(C)C(=O)[C@@H]2CC[C@H](C(=O)O)O2)s1. The number of aryl methyl sites for hydroxylation is 1. The fourth-order valence-electron chi connectivity index (χ4n) is 2.13. The fourth-order valence-corrected chi connectivity index (χ4v) is 3.07. The molecule has 1 saturated heterocycles. The summed E-state index contributed by atoms with van der Waals surface area (Å²) in [4.78, 5) is 26.8. The van der Waals surface area contributed by atoms with Crippen LogP contribution in [-0.2, 0) is 20.9 Å². The second kappa shape index (κ2) is 5.71. The molecule has 2 heterocycles. The molecular formula is C13H17NO4S. The molecule has 1 aromatic heterocycles. The van der Waals surface area contributed by atoms with E-state index in [0.717, 1.165) is 4.88 Å². The molecule has 6 heteroatoms. The summed E-state index contributed by atoms with van der Waals surface area (Å²) in [5.74, 6) is -1.14. The van der Waals surface area contributed by atoms with Crippen molar-refractivity contribution in [3.63, 3.8) is 0 Å². The molecule has 1 N–H and O–H groups in total. The molecule has 104 valence electrons. The first-order valence-corrected chi connectivity index (χ1v) is 6.97. The van der Waals surface area contributed by atoms with Crippen LogP contribution in [-0.4, -0.2) is 41.1 Å². The summed E-state index contributed by atoms with van der Waals surface area (Å²) < 4.78 is 5.26. The average molecular weight is 283 g/mol. The molecule has 0 radical (unpaired) electrons. The number of carbonyl (C=O) groups excluding carboxylic acids is 1. The topological polar surface area (TPSA) is 66.8 Å². The van der Waals surface area contributed by atoms with E-state index in [0.29, 0.717) is 19.4 Å². The number of carboxylic acid groups (broad SMARTS) is 1. The Morgan fingerprint density at radius 3 is 2.63 bits per heavy atom. The number of hydrogen-bond donors (Lipinski definition) is 1. The fraction of sp³-hybridized carbons (Fsp3) is 0.538. The first-order chi connectivity index (χ1) is 8.97. The van der Waals surface area contributed by atoms with E-state index >= 15 is 0 Å². The summed E-state index contributed by atoms with van der Waals surface area (Å²) >= 11 is 1.65. The Morgan fingerprint density at radius 2 is 2.11 bits per heavy atom. The highest BCUT2D eigenvalue weighted by atomic mass is 32.1. The van der Waals surface area contributed by atoms with Crippen molar-refractivity contribution in [3.8, 4) is 0 Å². The van der Waals surface area contributed by atoms with E-state index in [1.165, 1.54) is 4.88 Å². The summed E-state index contributed by atoms with van der Waals surface area (Å²) in [5.41, 5.74) is 0. The Morgan fingerprint density at radius 1 is 1.42 bits per heavy atom. The van der Waals surface area contributed by atoms with E-state index in [2.05, 4.69) is 0 Å². The third-order valence-corrected chi connectivity index (χ3v) is 4.12. The van der Waals surface area contributed by atoms with Crippen molar-refractivity contribution in [2.24, 2.45) is 0 Å². The predicted octanol–water partition coefficient (Wildman–Crippen LogP) is 1.65. The number of aliphatic carboxylic acids is 1. The summed E-state index contributed by atoms with van der Waals surface area (Å²) in [6, 6.07) is 4.02. The van der Waals surface area contributed by atoms with Gasteiger partial charge < -0.3 is 14.7 Å². The van der Waals surface area contributed by atoms with Crippen molar-refractivity contribution in [1.29, 1.82) is 0 Å². The van der Waals surface area contributed by atoms with Gasteiger partial charge in [-0.25, -0.2) is 4.79 Å².